The van der Waals surface area contributed by atoms with Gasteiger partial charge in [-0.25, -0.2) is 5.92 Å². The molecule has 1 aromatic rings. The van der Waals surface area contributed by atoms with E-state index >= 15 is 0 Å². The number of rotatable bonds is 0. The van der Waals surface area contributed by atoms with Gasteiger partial charge >= 0.3 is 0 Å². The van der Waals surface area contributed by atoms with Crippen LogP contribution in [0.1, 0.15) is 5.56 Å². The molecule has 0 saturated heterocycles. The van der Waals surface area contributed by atoms with E-state index < -0.39 is 0 Å². The Labute approximate surface area is 67.3 Å². The van der Waals surface area contributed by atoms with Gasteiger partial charge in [0.2, 0.25) is 0 Å². The van der Waals surface area contributed by atoms with Crippen molar-refractivity contribution < 1.29 is 0 Å². The minimum absolute atomic E-state index is 0.982. The Morgan fingerprint density at radius 1 is 1.00 bits per heavy atom. The van der Waals surface area contributed by atoms with Gasteiger partial charge < -0.3 is 0 Å². The van der Waals surface area contributed by atoms with E-state index in [0.717, 1.165) is 5.56 Å². The van der Waals surface area contributed by atoms with Gasteiger partial charge in [0.05, 0.1) is 0 Å². The van der Waals surface area contributed by atoms with Gasteiger partial charge in [-0.3, -0.25) is 5.92 Å². The maximum atomic E-state index is 3.35. The van der Waals surface area contributed by atoms with E-state index in [2.05, 4.69) is 30.6 Å². The smallest absolute Gasteiger partial charge is 0.0238 e. The molecule has 52 valence electrons. The van der Waals surface area contributed by atoms with Crippen molar-refractivity contribution in [3.8, 4) is 23.7 Å². The zero-order chi connectivity index (χ0) is 7.94. The van der Waals surface area contributed by atoms with Crippen LogP contribution in [0.3, 0.4) is 0 Å². The lowest BCUT2D eigenvalue weighted by atomic mass is 10.2. The molecule has 0 aliphatic rings. The zero-order valence-electron chi connectivity index (χ0n) is 6.09. The Bertz CT molecular complexity index is 325. The van der Waals surface area contributed by atoms with E-state index in [9.17, 15) is 0 Å². The summed E-state index contributed by atoms with van der Waals surface area (Å²) in [5, 5.41) is 0. The summed E-state index contributed by atoms with van der Waals surface area (Å²) in [6, 6.07) is 9.73. The quantitative estimate of drug-likeness (QED) is 0.380. The van der Waals surface area contributed by atoms with Gasteiger partial charge in [-0.1, -0.05) is 24.1 Å². The summed E-state index contributed by atoms with van der Waals surface area (Å²) in [7, 11) is 0. The lowest BCUT2D eigenvalue weighted by Gasteiger charge is -1.84. The van der Waals surface area contributed by atoms with Crippen LogP contribution < -0.4 is 0 Å². The monoisotopic (exact) mass is 139 g/mol. The SMILES string of the molecule is [CH2-]C#CC#Cc1ccccc1. The van der Waals surface area contributed by atoms with Crippen LogP contribution in [-0.2, 0) is 0 Å². The van der Waals surface area contributed by atoms with Crippen LogP contribution in [0.2, 0.25) is 0 Å². The predicted molar refractivity (Wildman–Crippen MR) is 46.5 cm³/mol. The van der Waals surface area contributed by atoms with Crippen molar-refractivity contribution in [1.29, 1.82) is 0 Å². The van der Waals surface area contributed by atoms with Crippen molar-refractivity contribution in [1.82, 2.24) is 0 Å². The summed E-state index contributed by atoms with van der Waals surface area (Å²) in [5.74, 6) is 10.6. The fraction of sp³-hybridized carbons (Fsp3) is 0. The first-order chi connectivity index (χ1) is 5.43. The Balaban J connectivity index is 2.80. The van der Waals surface area contributed by atoms with Crippen molar-refractivity contribution in [3.63, 3.8) is 0 Å². The van der Waals surface area contributed by atoms with E-state index in [1.165, 1.54) is 0 Å². The summed E-state index contributed by atoms with van der Waals surface area (Å²) < 4.78 is 0. The highest BCUT2D eigenvalue weighted by atomic mass is 13.8. The van der Waals surface area contributed by atoms with Gasteiger partial charge in [0.15, 0.2) is 0 Å². The Kier molecular flexibility index (Phi) is 2.72. The van der Waals surface area contributed by atoms with E-state index in [0.29, 0.717) is 0 Å². The maximum Gasteiger partial charge on any atom is 0.0238 e. The number of hydrogen-bond acceptors (Lipinski definition) is 0. The molecule has 0 atom stereocenters. The van der Waals surface area contributed by atoms with Gasteiger partial charge in [0.1, 0.15) is 0 Å². The van der Waals surface area contributed by atoms with Crippen LogP contribution in [0.5, 0.6) is 0 Å². The van der Waals surface area contributed by atoms with Crippen molar-refractivity contribution in [3.05, 3.63) is 42.8 Å². The molecular formula is C11H7-. The second-order valence-corrected chi connectivity index (χ2v) is 1.92. The third kappa shape index (κ3) is 2.52. The second kappa shape index (κ2) is 4.09. The van der Waals surface area contributed by atoms with Crippen molar-refractivity contribution in [2.24, 2.45) is 0 Å². The minimum atomic E-state index is 0.982. The van der Waals surface area contributed by atoms with Crippen molar-refractivity contribution in [2.45, 2.75) is 0 Å². The van der Waals surface area contributed by atoms with E-state index in [4.69, 9.17) is 0 Å². The average molecular weight is 139 g/mol. The van der Waals surface area contributed by atoms with Crippen LogP contribution in [0.4, 0.5) is 0 Å². The highest BCUT2D eigenvalue weighted by Crippen LogP contribution is 1.93. The summed E-state index contributed by atoms with van der Waals surface area (Å²) in [4.78, 5) is 0. The third-order valence-electron chi connectivity index (χ3n) is 1.13. The molecule has 0 N–H and O–H groups in total. The van der Waals surface area contributed by atoms with Gasteiger partial charge in [-0.05, 0) is 12.1 Å². The molecule has 0 fully saturated rings. The van der Waals surface area contributed by atoms with Gasteiger partial charge in [0, 0.05) is 5.56 Å². The molecule has 0 heterocycles. The number of hydrogen-bond donors (Lipinski definition) is 0. The maximum absolute atomic E-state index is 3.35. The molecule has 0 aliphatic heterocycles. The van der Waals surface area contributed by atoms with Crippen LogP contribution in [0, 0.1) is 30.6 Å². The zero-order valence-corrected chi connectivity index (χ0v) is 6.09. The van der Waals surface area contributed by atoms with Crippen molar-refractivity contribution in [2.75, 3.05) is 0 Å². The first kappa shape index (κ1) is 7.32. The molecule has 1 rings (SSSR count). The van der Waals surface area contributed by atoms with Crippen LogP contribution in [0.15, 0.2) is 30.3 Å². The summed E-state index contributed by atoms with van der Waals surface area (Å²) in [5.41, 5.74) is 0.982. The minimum Gasteiger partial charge on any atom is -0.284 e. The lowest BCUT2D eigenvalue weighted by Crippen LogP contribution is -1.68. The Morgan fingerprint density at radius 2 is 1.73 bits per heavy atom. The summed E-state index contributed by atoms with van der Waals surface area (Å²) >= 11 is 0. The Hall–Kier alpha value is -1.79. The topological polar surface area (TPSA) is 0 Å². The lowest BCUT2D eigenvalue weighted by molar-refractivity contribution is 1.65. The fourth-order valence-electron chi connectivity index (χ4n) is 0.669. The van der Waals surface area contributed by atoms with Gasteiger partial charge in [0.25, 0.3) is 0 Å². The van der Waals surface area contributed by atoms with Crippen LogP contribution in [-0.4, -0.2) is 0 Å². The third-order valence-corrected chi connectivity index (χ3v) is 1.13. The summed E-state index contributed by atoms with van der Waals surface area (Å²) in [6.45, 7) is 3.35. The molecule has 0 radical (unpaired) electrons. The molecular weight excluding hydrogens is 132 g/mol. The predicted octanol–water partition coefficient (Wildman–Crippen LogP) is 1.88. The highest BCUT2D eigenvalue weighted by Gasteiger charge is 1.77. The van der Waals surface area contributed by atoms with E-state index in [1.807, 2.05) is 30.3 Å². The fourth-order valence-corrected chi connectivity index (χ4v) is 0.669. The highest BCUT2D eigenvalue weighted by molar-refractivity contribution is 5.39. The van der Waals surface area contributed by atoms with Gasteiger partial charge in [-0.2, -0.15) is 6.92 Å². The molecule has 0 spiro atoms. The van der Waals surface area contributed by atoms with Gasteiger partial charge in [-0.15, -0.1) is 5.92 Å². The molecule has 0 unspecified atom stereocenters. The normalized spacial score (nSPS) is 6.91. The average Bonchev–Trinajstić information content (AvgIpc) is 2.07. The largest absolute Gasteiger partial charge is 0.284 e. The summed E-state index contributed by atoms with van der Waals surface area (Å²) in [6.07, 6.45) is 0. The van der Waals surface area contributed by atoms with Crippen LogP contribution >= 0.6 is 0 Å². The first-order valence-corrected chi connectivity index (χ1v) is 3.26. The molecule has 1 aromatic carbocycles. The molecule has 0 aliphatic carbocycles. The van der Waals surface area contributed by atoms with Crippen molar-refractivity contribution >= 4 is 0 Å². The standard InChI is InChI=1S/C11H7/c1-2-3-5-8-11-9-6-4-7-10-11/h4,6-7,9-10H,1H2/q-1. The molecule has 0 nitrogen and oxygen atoms in total. The molecule has 0 amide bonds. The second-order valence-electron chi connectivity index (χ2n) is 1.92. The first-order valence-electron chi connectivity index (χ1n) is 3.26. The van der Waals surface area contributed by atoms with E-state index in [-0.39, 0.29) is 0 Å². The molecule has 0 bridgehead atoms. The molecule has 0 heteroatoms. The number of benzene rings is 1. The molecule has 0 aromatic heterocycles. The Morgan fingerprint density at radius 3 is 2.36 bits per heavy atom. The van der Waals surface area contributed by atoms with Crippen LogP contribution in [0.25, 0.3) is 0 Å². The van der Waals surface area contributed by atoms with E-state index in [1.54, 1.807) is 0 Å². The molecule has 11 heavy (non-hydrogen) atoms. The molecule has 0 saturated carbocycles.